The fraction of sp³-hybridized carbons (Fsp3) is 0.364. The third-order valence-corrected chi connectivity index (χ3v) is 7.46. The van der Waals surface area contributed by atoms with Crippen LogP contribution in [0.15, 0.2) is 54.6 Å². The van der Waals surface area contributed by atoms with E-state index >= 15 is 0 Å². The number of rotatable bonds is 4. The molecule has 158 valence electrons. The summed E-state index contributed by atoms with van der Waals surface area (Å²) in [6.07, 6.45) is 0. The lowest BCUT2D eigenvalue weighted by atomic mass is 10.1. The van der Waals surface area contributed by atoms with E-state index in [4.69, 9.17) is 0 Å². The monoisotopic (exact) mass is 427 g/mol. The van der Waals surface area contributed by atoms with Gasteiger partial charge in [0.25, 0.3) is 5.91 Å². The van der Waals surface area contributed by atoms with Gasteiger partial charge in [0, 0.05) is 38.3 Å². The quantitative estimate of drug-likeness (QED) is 0.745. The van der Waals surface area contributed by atoms with Crippen molar-refractivity contribution in [1.29, 1.82) is 0 Å². The van der Waals surface area contributed by atoms with Crippen LogP contribution in [0.4, 0.5) is 5.69 Å². The van der Waals surface area contributed by atoms with Crippen LogP contribution in [0.5, 0.6) is 0 Å². The number of hydrogen-bond acceptors (Lipinski definition) is 5. The molecular formula is C22H25N3O4S. The summed E-state index contributed by atoms with van der Waals surface area (Å²) in [5, 5.41) is 0. The van der Waals surface area contributed by atoms with Crippen LogP contribution >= 0.6 is 0 Å². The Bertz CT molecular complexity index is 1050. The second-order valence-corrected chi connectivity index (χ2v) is 9.75. The van der Waals surface area contributed by atoms with Crippen LogP contribution in [0.25, 0.3) is 0 Å². The first-order valence-electron chi connectivity index (χ1n) is 10.1. The molecular weight excluding hydrogens is 402 g/mol. The summed E-state index contributed by atoms with van der Waals surface area (Å²) in [5.41, 5.74) is 1.88. The minimum absolute atomic E-state index is 0.145. The summed E-state index contributed by atoms with van der Waals surface area (Å²) in [7, 11) is -3.69. The molecule has 2 aromatic carbocycles. The number of amides is 2. The van der Waals surface area contributed by atoms with Crippen molar-refractivity contribution in [3.63, 3.8) is 0 Å². The average Bonchev–Trinajstić information content (AvgIpc) is 2.95. The SMILES string of the molecule is C[C@H]1CS(=O)(=O)N(c2cccc(C(=O)N3CCN(Cc4ccccc4)CC3)c2)C1=O. The average molecular weight is 428 g/mol. The van der Waals surface area contributed by atoms with Gasteiger partial charge in [-0.25, -0.2) is 12.7 Å². The predicted octanol–water partition coefficient (Wildman–Crippen LogP) is 1.96. The Hall–Kier alpha value is -2.71. The summed E-state index contributed by atoms with van der Waals surface area (Å²) in [6.45, 7) is 5.21. The van der Waals surface area contributed by atoms with Crippen molar-refractivity contribution in [3.05, 3.63) is 65.7 Å². The standard InChI is InChI=1S/C22H25N3O4S/c1-17-16-30(28,29)25(21(17)26)20-9-5-8-19(14-20)22(27)24-12-10-23(11-13-24)15-18-6-3-2-4-7-18/h2-9,14,17H,10-13,15-16H2,1H3/t17-/m0/s1. The maximum absolute atomic E-state index is 13.0. The molecule has 4 rings (SSSR count). The lowest BCUT2D eigenvalue weighted by Crippen LogP contribution is -2.48. The van der Waals surface area contributed by atoms with Crippen molar-refractivity contribution in [2.45, 2.75) is 13.5 Å². The topological polar surface area (TPSA) is 78.0 Å². The zero-order valence-corrected chi connectivity index (χ0v) is 17.7. The van der Waals surface area contributed by atoms with E-state index in [-0.39, 0.29) is 17.3 Å². The largest absolute Gasteiger partial charge is 0.336 e. The highest BCUT2D eigenvalue weighted by atomic mass is 32.2. The molecule has 0 N–H and O–H groups in total. The van der Waals surface area contributed by atoms with Gasteiger partial charge in [0.15, 0.2) is 0 Å². The highest BCUT2D eigenvalue weighted by molar-refractivity contribution is 7.94. The Labute approximate surface area is 176 Å². The number of anilines is 1. The molecule has 0 bridgehead atoms. The lowest BCUT2D eigenvalue weighted by molar-refractivity contribution is -0.119. The Morgan fingerprint density at radius 3 is 2.33 bits per heavy atom. The fourth-order valence-corrected chi connectivity index (χ4v) is 5.80. The molecule has 2 aliphatic heterocycles. The van der Waals surface area contributed by atoms with E-state index in [1.165, 1.54) is 11.6 Å². The zero-order chi connectivity index (χ0) is 21.3. The highest BCUT2D eigenvalue weighted by Gasteiger charge is 2.42. The maximum Gasteiger partial charge on any atom is 0.254 e. The predicted molar refractivity (Wildman–Crippen MR) is 115 cm³/mol. The van der Waals surface area contributed by atoms with Gasteiger partial charge in [-0.1, -0.05) is 43.3 Å². The second-order valence-electron chi connectivity index (χ2n) is 7.89. The molecule has 0 radical (unpaired) electrons. The van der Waals surface area contributed by atoms with Gasteiger partial charge >= 0.3 is 0 Å². The van der Waals surface area contributed by atoms with Crippen LogP contribution in [-0.4, -0.2) is 62.0 Å². The smallest absolute Gasteiger partial charge is 0.254 e. The van der Waals surface area contributed by atoms with Crippen molar-refractivity contribution in [2.75, 3.05) is 36.2 Å². The van der Waals surface area contributed by atoms with E-state index in [0.717, 1.165) is 23.9 Å². The number of nitrogens with zero attached hydrogens (tertiary/aromatic N) is 3. The third-order valence-electron chi connectivity index (χ3n) is 5.60. The molecule has 7 nitrogen and oxygen atoms in total. The van der Waals surface area contributed by atoms with Crippen molar-refractivity contribution >= 4 is 27.5 Å². The van der Waals surface area contributed by atoms with Crippen molar-refractivity contribution in [2.24, 2.45) is 5.92 Å². The maximum atomic E-state index is 13.0. The molecule has 0 aromatic heterocycles. The Morgan fingerprint density at radius 1 is 1.00 bits per heavy atom. The van der Waals surface area contributed by atoms with Gasteiger partial charge in [-0.05, 0) is 23.8 Å². The number of hydrogen-bond donors (Lipinski definition) is 0. The normalized spacial score (nSPS) is 21.8. The molecule has 0 unspecified atom stereocenters. The molecule has 2 saturated heterocycles. The summed E-state index contributed by atoms with van der Waals surface area (Å²) in [5.74, 6) is -1.37. The van der Waals surface area contributed by atoms with Gasteiger partial charge < -0.3 is 4.90 Å². The first-order valence-corrected chi connectivity index (χ1v) is 11.7. The van der Waals surface area contributed by atoms with Crippen molar-refractivity contribution in [1.82, 2.24) is 9.80 Å². The summed E-state index contributed by atoms with van der Waals surface area (Å²) < 4.78 is 25.6. The first kappa shape index (κ1) is 20.6. The molecule has 1 atom stereocenters. The van der Waals surface area contributed by atoms with Crippen molar-refractivity contribution in [3.8, 4) is 0 Å². The van der Waals surface area contributed by atoms with Crippen LogP contribution < -0.4 is 4.31 Å². The fourth-order valence-electron chi connectivity index (χ4n) is 3.99. The molecule has 0 aliphatic carbocycles. The van der Waals surface area contributed by atoms with Gasteiger partial charge in [-0.2, -0.15) is 0 Å². The highest BCUT2D eigenvalue weighted by Crippen LogP contribution is 2.29. The lowest BCUT2D eigenvalue weighted by Gasteiger charge is -2.35. The van der Waals surface area contributed by atoms with E-state index in [1.807, 2.05) is 18.2 Å². The van der Waals surface area contributed by atoms with Crippen molar-refractivity contribution < 1.29 is 18.0 Å². The van der Waals surface area contributed by atoms with E-state index in [9.17, 15) is 18.0 Å². The molecule has 8 heteroatoms. The molecule has 30 heavy (non-hydrogen) atoms. The third kappa shape index (κ3) is 4.11. The number of carbonyl (C=O) groups is 2. The minimum atomic E-state index is -3.69. The van der Waals surface area contributed by atoms with Gasteiger partial charge in [0.2, 0.25) is 15.9 Å². The van der Waals surface area contributed by atoms with E-state index in [2.05, 4.69) is 17.0 Å². The van der Waals surface area contributed by atoms with E-state index in [1.54, 1.807) is 30.0 Å². The van der Waals surface area contributed by atoms with Gasteiger partial charge in [-0.15, -0.1) is 0 Å². The summed E-state index contributed by atoms with van der Waals surface area (Å²) >= 11 is 0. The Balaban J connectivity index is 1.44. The van der Waals surface area contributed by atoms with Crippen LogP contribution in [0, 0.1) is 5.92 Å². The van der Waals surface area contributed by atoms with E-state index < -0.39 is 21.8 Å². The second kappa shape index (κ2) is 8.20. The van der Waals surface area contributed by atoms with Crippen LogP contribution in [0.2, 0.25) is 0 Å². The molecule has 2 heterocycles. The van der Waals surface area contributed by atoms with E-state index in [0.29, 0.717) is 18.7 Å². The van der Waals surface area contributed by atoms with Gasteiger partial charge in [0.05, 0.1) is 17.4 Å². The molecule has 0 saturated carbocycles. The number of benzene rings is 2. The number of sulfonamides is 1. The molecule has 2 amide bonds. The number of piperazine rings is 1. The molecule has 2 fully saturated rings. The summed E-state index contributed by atoms with van der Waals surface area (Å²) in [4.78, 5) is 29.4. The molecule has 0 spiro atoms. The minimum Gasteiger partial charge on any atom is -0.336 e. The van der Waals surface area contributed by atoms with Crippen LogP contribution in [0.3, 0.4) is 0 Å². The van der Waals surface area contributed by atoms with Gasteiger partial charge in [0.1, 0.15) is 0 Å². The molecule has 2 aliphatic rings. The van der Waals surface area contributed by atoms with Crippen LogP contribution in [0.1, 0.15) is 22.8 Å². The zero-order valence-electron chi connectivity index (χ0n) is 16.9. The van der Waals surface area contributed by atoms with Gasteiger partial charge in [-0.3, -0.25) is 14.5 Å². The number of carbonyl (C=O) groups excluding carboxylic acids is 2. The summed E-state index contributed by atoms with van der Waals surface area (Å²) in [6, 6.07) is 16.6. The first-order chi connectivity index (χ1) is 14.3. The van der Waals surface area contributed by atoms with Crippen LogP contribution in [-0.2, 0) is 21.4 Å². The Kier molecular flexibility index (Phi) is 5.62. The Morgan fingerprint density at radius 2 is 1.70 bits per heavy atom. The molecule has 2 aromatic rings.